The predicted octanol–water partition coefficient (Wildman–Crippen LogP) is 3.00. The van der Waals surface area contributed by atoms with E-state index >= 15 is 0 Å². The van der Waals surface area contributed by atoms with Gasteiger partial charge in [0.1, 0.15) is 6.10 Å². The van der Waals surface area contributed by atoms with Crippen LogP contribution >= 0.6 is 0 Å². The Morgan fingerprint density at radius 3 is 2.40 bits per heavy atom. The number of anilines is 1. The van der Waals surface area contributed by atoms with Gasteiger partial charge >= 0.3 is 0 Å². The molecular weight excluding hydrogens is 378 g/mol. The first-order valence-electron chi connectivity index (χ1n) is 10.7. The molecule has 2 fully saturated rings. The van der Waals surface area contributed by atoms with Gasteiger partial charge in [0.05, 0.1) is 6.04 Å². The highest BCUT2D eigenvalue weighted by Gasteiger charge is 2.32. The second-order valence-corrected chi connectivity index (χ2v) is 7.94. The number of rotatable bonds is 5. The third-order valence-electron chi connectivity index (χ3n) is 6.03. The van der Waals surface area contributed by atoms with Gasteiger partial charge in [0.15, 0.2) is 0 Å². The second kappa shape index (κ2) is 9.41. The smallest absolute Gasteiger partial charge is 0.251 e. The van der Waals surface area contributed by atoms with Gasteiger partial charge in [0.2, 0.25) is 5.91 Å². The Balaban J connectivity index is 1.36. The van der Waals surface area contributed by atoms with Crippen LogP contribution in [0.5, 0.6) is 0 Å². The fourth-order valence-corrected chi connectivity index (χ4v) is 4.17. The molecule has 0 bridgehead atoms. The van der Waals surface area contributed by atoms with Crippen LogP contribution in [0.4, 0.5) is 5.69 Å². The van der Waals surface area contributed by atoms with E-state index in [9.17, 15) is 9.59 Å². The molecule has 4 rings (SSSR count). The zero-order valence-electron chi connectivity index (χ0n) is 17.4. The van der Waals surface area contributed by atoms with Crippen molar-refractivity contribution in [3.63, 3.8) is 0 Å². The molecule has 0 aromatic heterocycles. The molecule has 2 heterocycles. The standard InChI is InChI=1S/C24H29N3O3/c1-18(26-13-15-27(16-14-26)24(29)22-12-7-17-30-22)23(28)25-21-11-6-5-10-20(21)19-8-3-2-4-9-19/h2-6,8-11,18,22H,7,12-17H2,1H3,(H,25,28)/t18-,22+/m1/s1. The Labute approximate surface area is 177 Å². The number of hydrogen-bond acceptors (Lipinski definition) is 4. The van der Waals surface area contributed by atoms with Crippen LogP contribution in [0.2, 0.25) is 0 Å². The van der Waals surface area contributed by atoms with Gasteiger partial charge in [-0.15, -0.1) is 0 Å². The maximum atomic E-state index is 13.0. The van der Waals surface area contributed by atoms with Gasteiger partial charge < -0.3 is 15.0 Å². The maximum Gasteiger partial charge on any atom is 0.251 e. The van der Waals surface area contributed by atoms with Crippen molar-refractivity contribution in [2.24, 2.45) is 0 Å². The Bertz CT molecular complexity index is 872. The van der Waals surface area contributed by atoms with Crippen LogP contribution in [-0.4, -0.2) is 66.5 Å². The summed E-state index contributed by atoms with van der Waals surface area (Å²) in [4.78, 5) is 29.5. The van der Waals surface area contributed by atoms with E-state index in [1.807, 2.05) is 66.4 Å². The molecule has 6 nitrogen and oxygen atoms in total. The number of ether oxygens (including phenoxy) is 1. The number of amides is 2. The van der Waals surface area contributed by atoms with E-state index in [1.165, 1.54) is 0 Å². The third kappa shape index (κ3) is 4.55. The number of nitrogens with one attached hydrogen (secondary N) is 1. The van der Waals surface area contributed by atoms with Gasteiger partial charge in [-0.25, -0.2) is 0 Å². The fraction of sp³-hybridized carbons (Fsp3) is 0.417. The minimum absolute atomic E-state index is 0.0303. The molecule has 6 heteroatoms. The van der Waals surface area contributed by atoms with Crippen molar-refractivity contribution in [3.8, 4) is 11.1 Å². The maximum absolute atomic E-state index is 13.0. The Morgan fingerprint density at radius 2 is 1.70 bits per heavy atom. The average molecular weight is 408 g/mol. The van der Waals surface area contributed by atoms with Crippen molar-refractivity contribution in [2.45, 2.75) is 31.9 Å². The predicted molar refractivity (Wildman–Crippen MR) is 117 cm³/mol. The van der Waals surface area contributed by atoms with Gasteiger partial charge in [0, 0.05) is 44.0 Å². The molecule has 2 amide bonds. The summed E-state index contributed by atoms with van der Waals surface area (Å²) >= 11 is 0. The van der Waals surface area contributed by atoms with E-state index in [2.05, 4.69) is 10.2 Å². The molecule has 2 aromatic carbocycles. The molecule has 2 atom stereocenters. The largest absolute Gasteiger partial charge is 0.368 e. The van der Waals surface area contributed by atoms with Crippen LogP contribution in [0.3, 0.4) is 0 Å². The Hall–Kier alpha value is -2.70. The summed E-state index contributed by atoms with van der Waals surface area (Å²) in [6.45, 7) is 5.25. The summed E-state index contributed by atoms with van der Waals surface area (Å²) in [6.07, 6.45) is 1.50. The molecule has 2 aliphatic rings. The molecule has 158 valence electrons. The molecule has 2 saturated heterocycles. The molecule has 30 heavy (non-hydrogen) atoms. The van der Waals surface area contributed by atoms with Crippen LogP contribution in [0.1, 0.15) is 19.8 Å². The normalized spacial score (nSPS) is 20.7. The minimum atomic E-state index is -0.272. The monoisotopic (exact) mass is 407 g/mol. The van der Waals surface area contributed by atoms with E-state index in [0.717, 1.165) is 29.7 Å². The minimum Gasteiger partial charge on any atom is -0.368 e. The molecule has 0 aliphatic carbocycles. The second-order valence-electron chi connectivity index (χ2n) is 7.94. The zero-order chi connectivity index (χ0) is 20.9. The lowest BCUT2D eigenvalue weighted by Gasteiger charge is -2.38. The van der Waals surface area contributed by atoms with Gasteiger partial charge in [-0.1, -0.05) is 48.5 Å². The van der Waals surface area contributed by atoms with Gasteiger partial charge in [-0.2, -0.15) is 0 Å². The van der Waals surface area contributed by atoms with Crippen molar-refractivity contribution in [3.05, 3.63) is 54.6 Å². The lowest BCUT2D eigenvalue weighted by Crippen LogP contribution is -2.55. The van der Waals surface area contributed by atoms with Crippen LogP contribution in [-0.2, 0) is 14.3 Å². The molecule has 0 unspecified atom stereocenters. The summed E-state index contributed by atoms with van der Waals surface area (Å²) in [5, 5.41) is 3.10. The van der Waals surface area contributed by atoms with E-state index in [0.29, 0.717) is 32.8 Å². The fourth-order valence-electron chi connectivity index (χ4n) is 4.17. The highest BCUT2D eigenvalue weighted by Crippen LogP contribution is 2.28. The first-order valence-corrected chi connectivity index (χ1v) is 10.7. The van der Waals surface area contributed by atoms with Crippen LogP contribution in [0.25, 0.3) is 11.1 Å². The number of carbonyl (C=O) groups is 2. The molecule has 0 saturated carbocycles. The summed E-state index contributed by atoms with van der Waals surface area (Å²) in [6, 6.07) is 17.6. The lowest BCUT2D eigenvalue weighted by atomic mass is 10.0. The molecular formula is C24H29N3O3. The van der Waals surface area contributed by atoms with Crippen molar-refractivity contribution in [2.75, 3.05) is 38.1 Å². The van der Waals surface area contributed by atoms with Gasteiger partial charge in [0.25, 0.3) is 5.91 Å². The van der Waals surface area contributed by atoms with E-state index < -0.39 is 0 Å². The highest BCUT2D eigenvalue weighted by molar-refractivity contribution is 5.98. The number of benzene rings is 2. The Morgan fingerprint density at radius 1 is 1.00 bits per heavy atom. The van der Waals surface area contributed by atoms with Crippen molar-refractivity contribution in [1.29, 1.82) is 0 Å². The van der Waals surface area contributed by atoms with E-state index in [4.69, 9.17) is 4.74 Å². The van der Waals surface area contributed by atoms with Crippen LogP contribution in [0, 0.1) is 0 Å². The third-order valence-corrected chi connectivity index (χ3v) is 6.03. The van der Waals surface area contributed by atoms with Gasteiger partial charge in [-0.3, -0.25) is 14.5 Å². The first kappa shape index (κ1) is 20.6. The summed E-state index contributed by atoms with van der Waals surface area (Å²) in [5.74, 6) is 0.0679. The van der Waals surface area contributed by atoms with E-state index in [1.54, 1.807) is 0 Å². The quantitative estimate of drug-likeness (QED) is 0.828. The molecule has 2 aliphatic heterocycles. The van der Waals surface area contributed by atoms with Gasteiger partial charge in [-0.05, 0) is 31.4 Å². The topological polar surface area (TPSA) is 61.9 Å². The molecule has 0 spiro atoms. The number of para-hydroxylation sites is 1. The molecule has 2 aromatic rings. The average Bonchev–Trinajstić information content (AvgIpc) is 3.34. The lowest BCUT2D eigenvalue weighted by molar-refractivity contribution is -0.143. The number of carbonyl (C=O) groups excluding carboxylic acids is 2. The molecule has 1 N–H and O–H groups in total. The Kier molecular flexibility index (Phi) is 6.45. The highest BCUT2D eigenvalue weighted by atomic mass is 16.5. The number of piperazine rings is 1. The van der Waals surface area contributed by atoms with Crippen LogP contribution < -0.4 is 5.32 Å². The summed E-state index contributed by atoms with van der Waals surface area (Å²) in [5.41, 5.74) is 2.89. The molecule has 0 radical (unpaired) electrons. The zero-order valence-corrected chi connectivity index (χ0v) is 17.4. The van der Waals surface area contributed by atoms with Crippen molar-refractivity contribution >= 4 is 17.5 Å². The number of hydrogen-bond donors (Lipinski definition) is 1. The van der Waals surface area contributed by atoms with E-state index in [-0.39, 0.29) is 24.0 Å². The summed E-state index contributed by atoms with van der Waals surface area (Å²) in [7, 11) is 0. The number of nitrogens with zero attached hydrogens (tertiary/aromatic N) is 2. The van der Waals surface area contributed by atoms with Crippen molar-refractivity contribution in [1.82, 2.24) is 9.80 Å². The summed E-state index contributed by atoms with van der Waals surface area (Å²) < 4.78 is 5.53. The van der Waals surface area contributed by atoms with Crippen LogP contribution in [0.15, 0.2) is 54.6 Å². The SMILES string of the molecule is C[C@H](C(=O)Nc1ccccc1-c1ccccc1)N1CCN(C(=O)[C@@H]2CCCO2)CC1. The first-order chi connectivity index (χ1) is 14.6. The van der Waals surface area contributed by atoms with Crippen molar-refractivity contribution < 1.29 is 14.3 Å².